The smallest absolute Gasteiger partial charge is 0.0610 e. The third-order valence-electron chi connectivity index (χ3n) is 0.937. The average molecular weight is 140 g/mol. The molecule has 0 aromatic heterocycles. The molecule has 0 fully saturated rings. The second kappa shape index (κ2) is 3.40. The minimum atomic E-state index is -1.44. The minimum Gasteiger partial charge on any atom is -0.0610 e. The van der Waals surface area contributed by atoms with Crippen LogP contribution in [0.2, 0.25) is 0 Å². The Hall–Kier alpha value is 0.390. The van der Waals surface area contributed by atoms with Crippen molar-refractivity contribution in [1.29, 1.82) is 0 Å². The first-order valence-electron chi connectivity index (χ1n) is 2.30. The average Bonchev–Trinajstić information content (AvgIpc) is 1.65. The molecule has 0 aromatic carbocycles. The van der Waals surface area contributed by atoms with Crippen LogP contribution in [-0.4, -0.2) is 5.66 Å². The minimum absolute atomic E-state index is 0.177. The van der Waals surface area contributed by atoms with Gasteiger partial charge in [0.05, 0.1) is 0 Å². The van der Waals surface area contributed by atoms with Crippen molar-refractivity contribution in [2.45, 2.75) is 25.9 Å². The molecular weight excluding hydrogens is 130 g/mol. The lowest BCUT2D eigenvalue weighted by Crippen LogP contribution is -1.86. The lowest BCUT2D eigenvalue weighted by atomic mass is 10.4. The van der Waals surface area contributed by atoms with E-state index in [0.29, 0.717) is 0 Å². The van der Waals surface area contributed by atoms with Crippen LogP contribution in [0.3, 0.4) is 0 Å². The van der Waals surface area contributed by atoms with Gasteiger partial charge in [0.25, 0.3) is 0 Å². The molecule has 0 aliphatic heterocycles. The summed E-state index contributed by atoms with van der Waals surface area (Å²) in [5.74, 6) is 0. The Morgan fingerprint density at radius 1 is 1.86 bits per heavy atom. The van der Waals surface area contributed by atoms with E-state index in [0.717, 1.165) is 6.42 Å². The zero-order valence-electron chi connectivity index (χ0n) is 4.52. The monoisotopic (exact) mass is 139 g/mol. The summed E-state index contributed by atoms with van der Waals surface area (Å²) in [6.45, 7) is 3.85. The lowest BCUT2D eigenvalue weighted by Gasteiger charge is -1.83. The van der Waals surface area contributed by atoms with Crippen molar-refractivity contribution >= 4 is 18.4 Å². The molecule has 0 radical (unpaired) electrons. The quantitative estimate of drug-likeness (QED) is 0.538. The fourth-order valence-electron chi connectivity index (χ4n) is 0.144. The van der Waals surface area contributed by atoms with Gasteiger partial charge in [-0.05, 0) is 13.3 Å². The van der Waals surface area contributed by atoms with Gasteiger partial charge in [-0.25, -0.2) is 0 Å². The van der Waals surface area contributed by atoms with Crippen molar-refractivity contribution in [3.8, 4) is 0 Å². The molecular formula is C4H9ClOP+. The highest BCUT2D eigenvalue weighted by molar-refractivity contribution is 7.74. The van der Waals surface area contributed by atoms with E-state index >= 15 is 0 Å². The highest BCUT2D eigenvalue weighted by Crippen LogP contribution is 2.34. The summed E-state index contributed by atoms with van der Waals surface area (Å²) >= 11 is 5.24. The van der Waals surface area contributed by atoms with Crippen LogP contribution >= 0.6 is 18.4 Å². The summed E-state index contributed by atoms with van der Waals surface area (Å²) in [4.78, 5) is 0. The van der Waals surface area contributed by atoms with Crippen LogP contribution in [0, 0.1) is 0 Å². The predicted molar refractivity (Wildman–Crippen MR) is 33.2 cm³/mol. The molecule has 0 aliphatic rings. The van der Waals surface area contributed by atoms with Crippen LogP contribution in [-0.2, 0) is 4.57 Å². The molecule has 0 saturated carbocycles. The van der Waals surface area contributed by atoms with Crippen LogP contribution < -0.4 is 0 Å². The second-order valence-corrected chi connectivity index (χ2v) is 3.95. The van der Waals surface area contributed by atoms with Crippen LogP contribution in [0.25, 0.3) is 0 Å². The van der Waals surface area contributed by atoms with Gasteiger partial charge in [0.2, 0.25) is 11.2 Å². The van der Waals surface area contributed by atoms with Crippen molar-refractivity contribution in [2.24, 2.45) is 0 Å². The van der Waals surface area contributed by atoms with Gasteiger partial charge in [0, 0.05) is 0 Å². The molecule has 0 aromatic rings. The Bertz CT molecular complexity index is 74.1. The molecule has 1 nitrogen and oxygen atoms in total. The Labute approximate surface area is 49.6 Å². The summed E-state index contributed by atoms with van der Waals surface area (Å²) in [6, 6.07) is 0. The fraction of sp³-hybridized carbons (Fsp3) is 1.00. The van der Waals surface area contributed by atoms with Crippen LogP contribution in [0.1, 0.15) is 20.3 Å². The number of halogens is 1. The van der Waals surface area contributed by atoms with Gasteiger partial charge >= 0.3 is 7.15 Å². The Kier molecular flexibility index (Phi) is 3.59. The zero-order chi connectivity index (χ0) is 5.86. The number of hydrogen-bond donors (Lipinski definition) is 0. The summed E-state index contributed by atoms with van der Waals surface area (Å²) in [5.41, 5.74) is 0.177. The predicted octanol–water partition coefficient (Wildman–Crippen LogP) is 2.77. The third-order valence-corrected chi connectivity index (χ3v) is 3.00. The molecule has 0 bridgehead atoms. The van der Waals surface area contributed by atoms with E-state index < -0.39 is 7.15 Å². The maximum absolute atomic E-state index is 10.3. The van der Waals surface area contributed by atoms with E-state index in [2.05, 4.69) is 0 Å². The Morgan fingerprint density at radius 3 is 2.29 bits per heavy atom. The van der Waals surface area contributed by atoms with Gasteiger partial charge in [-0.3, -0.25) is 0 Å². The summed E-state index contributed by atoms with van der Waals surface area (Å²) in [7, 11) is -1.44. The van der Waals surface area contributed by atoms with Crippen molar-refractivity contribution in [3.05, 3.63) is 0 Å². The largest absolute Gasteiger partial charge is 0.457 e. The first kappa shape index (κ1) is 7.39. The molecule has 0 heterocycles. The lowest BCUT2D eigenvalue weighted by molar-refractivity contribution is 0.587. The van der Waals surface area contributed by atoms with E-state index in [9.17, 15) is 4.57 Å². The maximum Gasteiger partial charge on any atom is 0.457 e. The standard InChI is InChI=1S/C4H9ClOP/c1-3-4(2)7(5)6/h4H,3H2,1-2H3/q+1. The highest BCUT2D eigenvalue weighted by Gasteiger charge is 2.19. The van der Waals surface area contributed by atoms with E-state index in [4.69, 9.17) is 11.2 Å². The Balaban J connectivity index is 3.34. The van der Waals surface area contributed by atoms with Gasteiger partial charge in [-0.1, -0.05) is 11.5 Å². The van der Waals surface area contributed by atoms with Gasteiger partial charge in [-0.15, -0.1) is 0 Å². The summed E-state index contributed by atoms with van der Waals surface area (Å²) in [5, 5.41) is 0. The van der Waals surface area contributed by atoms with Crippen LogP contribution in [0.15, 0.2) is 0 Å². The molecule has 0 aliphatic carbocycles. The van der Waals surface area contributed by atoms with E-state index in [1.54, 1.807) is 0 Å². The van der Waals surface area contributed by atoms with Gasteiger partial charge in [0.15, 0.2) is 5.66 Å². The van der Waals surface area contributed by atoms with Crippen molar-refractivity contribution in [1.82, 2.24) is 0 Å². The highest BCUT2D eigenvalue weighted by atomic mass is 35.7. The molecule has 42 valence electrons. The van der Waals surface area contributed by atoms with Crippen LogP contribution in [0.4, 0.5) is 0 Å². The fourth-order valence-corrected chi connectivity index (χ4v) is 0.845. The van der Waals surface area contributed by atoms with Gasteiger partial charge < -0.3 is 0 Å². The molecule has 2 unspecified atom stereocenters. The first-order chi connectivity index (χ1) is 3.18. The van der Waals surface area contributed by atoms with E-state index in [1.807, 2.05) is 13.8 Å². The summed E-state index contributed by atoms with van der Waals surface area (Å²) < 4.78 is 10.3. The van der Waals surface area contributed by atoms with Gasteiger partial charge in [-0.2, -0.15) is 0 Å². The second-order valence-electron chi connectivity index (χ2n) is 1.53. The van der Waals surface area contributed by atoms with Crippen LogP contribution in [0.5, 0.6) is 0 Å². The van der Waals surface area contributed by atoms with Crippen molar-refractivity contribution in [3.63, 3.8) is 0 Å². The first-order valence-corrected chi connectivity index (χ1v) is 4.54. The molecule has 0 saturated heterocycles. The third kappa shape index (κ3) is 3.02. The molecule has 0 N–H and O–H groups in total. The number of hydrogen-bond acceptors (Lipinski definition) is 1. The maximum atomic E-state index is 10.3. The normalized spacial score (nSPS) is 16.1. The van der Waals surface area contributed by atoms with E-state index in [-0.39, 0.29) is 5.66 Å². The van der Waals surface area contributed by atoms with Crippen molar-refractivity contribution in [2.75, 3.05) is 0 Å². The molecule has 0 amide bonds. The topological polar surface area (TPSA) is 17.1 Å². The molecule has 0 rings (SSSR count). The molecule has 3 heteroatoms. The van der Waals surface area contributed by atoms with Crippen molar-refractivity contribution < 1.29 is 4.57 Å². The molecule has 2 atom stereocenters. The number of rotatable bonds is 2. The SMILES string of the molecule is CCC(C)[P+](=O)Cl. The molecule has 0 spiro atoms. The summed E-state index contributed by atoms with van der Waals surface area (Å²) in [6.07, 6.45) is 0.901. The zero-order valence-corrected chi connectivity index (χ0v) is 6.17. The Morgan fingerprint density at radius 2 is 2.29 bits per heavy atom. The van der Waals surface area contributed by atoms with E-state index in [1.165, 1.54) is 0 Å². The molecule has 7 heavy (non-hydrogen) atoms. The van der Waals surface area contributed by atoms with Gasteiger partial charge in [0.1, 0.15) is 0 Å².